The van der Waals surface area contributed by atoms with Crippen LogP contribution in [-0.2, 0) is 0 Å². The molecule has 0 spiro atoms. The first-order valence-corrected chi connectivity index (χ1v) is 6.03. The van der Waals surface area contributed by atoms with E-state index in [0.717, 1.165) is 32.1 Å². The molecule has 2 rings (SSSR count). The van der Waals surface area contributed by atoms with Crippen molar-refractivity contribution >= 4 is 0 Å². The molecular formula is C12H22N2O. The van der Waals surface area contributed by atoms with Crippen LogP contribution in [0.5, 0.6) is 0 Å². The van der Waals surface area contributed by atoms with Crippen molar-refractivity contribution in [2.24, 2.45) is 5.92 Å². The zero-order valence-electron chi connectivity index (χ0n) is 9.36. The number of hydrogen-bond donors (Lipinski definition) is 2. The van der Waals surface area contributed by atoms with Gasteiger partial charge in [-0.2, -0.15) is 0 Å². The van der Waals surface area contributed by atoms with Gasteiger partial charge in [0.05, 0.1) is 0 Å². The van der Waals surface area contributed by atoms with Gasteiger partial charge < -0.3 is 10.4 Å². The molecule has 2 unspecified atom stereocenters. The summed E-state index contributed by atoms with van der Waals surface area (Å²) in [5.41, 5.74) is 0. The summed E-state index contributed by atoms with van der Waals surface area (Å²) in [5, 5.41) is 12.6. The smallest absolute Gasteiger partial charge is 0.0472 e. The van der Waals surface area contributed by atoms with Crippen molar-refractivity contribution < 1.29 is 5.11 Å². The summed E-state index contributed by atoms with van der Waals surface area (Å²) in [6.07, 6.45) is 5.82. The van der Waals surface area contributed by atoms with Crippen molar-refractivity contribution in [3.63, 3.8) is 0 Å². The average Bonchev–Trinajstić information content (AvgIpc) is 3.10. The van der Waals surface area contributed by atoms with Gasteiger partial charge in [-0.25, -0.2) is 0 Å². The minimum atomic E-state index is 0.316. The van der Waals surface area contributed by atoms with E-state index >= 15 is 0 Å². The molecule has 0 radical (unpaired) electrons. The molecule has 1 heterocycles. The van der Waals surface area contributed by atoms with Crippen LogP contribution >= 0.6 is 0 Å². The second-order valence-electron chi connectivity index (χ2n) is 4.81. The van der Waals surface area contributed by atoms with E-state index in [0.29, 0.717) is 18.6 Å². The Labute approximate surface area is 92.2 Å². The van der Waals surface area contributed by atoms with E-state index in [-0.39, 0.29) is 0 Å². The number of aliphatic hydroxyl groups is 1. The lowest BCUT2D eigenvalue weighted by molar-refractivity contribution is 0.114. The molecular weight excluding hydrogens is 188 g/mol. The number of piperidine rings is 1. The second kappa shape index (κ2) is 5.10. The van der Waals surface area contributed by atoms with E-state index in [1.807, 2.05) is 6.08 Å². The third kappa shape index (κ3) is 2.80. The van der Waals surface area contributed by atoms with Gasteiger partial charge in [0, 0.05) is 38.3 Å². The van der Waals surface area contributed by atoms with Crippen molar-refractivity contribution in [2.45, 2.75) is 31.3 Å². The highest BCUT2D eigenvalue weighted by Gasteiger charge is 2.35. The van der Waals surface area contributed by atoms with Crippen molar-refractivity contribution in [2.75, 3.05) is 26.2 Å². The molecule has 0 aromatic carbocycles. The van der Waals surface area contributed by atoms with Gasteiger partial charge in [0.1, 0.15) is 0 Å². The van der Waals surface area contributed by atoms with Gasteiger partial charge in [-0.15, -0.1) is 6.58 Å². The van der Waals surface area contributed by atoms with Crippen LogP contribution in [0, 0.1) is 5.92 Å². The highest BCUT2D eigenvalue weighted by molar-refractivity contribution is 4.94. The SMILES string of the molecule is C=CCN(C1CC1)C1CNCC(CO)C1. The van der Waals surface area contributed by atoms with E-state index < -0.39 is 0 Å². The predicted octanol–water partition coefficient (Wildman–Crippen LogP) is 0.607. The quantitative estimate of drug-likeness (QED) is 0.653. The number of hydrogen-bond acceptors (Lipinski definition) is 3. The number of nitrogens with one attached hydrogen (secondary N) is 1. The average molecular weight is 210 g/mol. The third-order valence-electron chi connectivity index (χ3n) is 3.50. The Kier molecular flexibility index (Phi) is 3.78. The molecule has 2 aliphatic rings. The van der Waals surface area contributed by atoms with Gasteiger partial charge in [-0.1, -0.05) is 6.08 Å². The molecule has 0 bridgehead atoms. The minimum Gasteiger partial charge on any atom is -0.396 e. The molecule has 1 aliphatic heterocycles. The van der Waals surface area contributed by atoms with Crippen LogP contribution < -0.4 is 5.32 Å². The van der Waals surface area contributed by atoms with Crippen molar-refractivity contribution in [3.05, 3.63) is 12.7 Å². The summed E-state index contributed by atoms with van der Waals surface area (Å²) >= 11 is 0. The molecule has 0 aromatic rings. The van der Waals surface area contributed by atoms with Gasteiger partial charge in [0.15, 0.2) is 0 Å². The number of rotatable bonds is 5. The maximum atomic E-state index is 9.20. The van der Waals surface area contributed by atoms with Gasteiger partial charge in [-0.05, 0) is 25.2 Å². The van der Waals surface area contributed by atoms with Crippen molar-refractivity contribution in [1.82, 2.24) is 10.2 Å². The largest absolute Gasteiger partial charge is 0.396 e. The summed E-state index contributed by atoms with van der Waals surface area (Å²) in [6, 6.07) is 1.38. The van der Waals surface area contributed by atoms with Gasteiger partial charge >= 0.3 is 0 Å². The van der Waals surface area contributed by atoms with Crippen LogP contribution in [-0.4, -0.2) is 48.3 Å². The summed E-state index contributed by atoms with van der Waals surface area (Å²) in [7, 11) is 0. The fourth-order valence-corrected chi connectivity index (χ4v) is 2.55. The van der Waals surface area contributed by atoms with E-state index in [2.05, 4.69) is 16.8 Å². The first-order chi connectivity index (χ1) is 7.35. The van der Waals surface area contributed by atoms with Crippen LogP contribution in [0.3, 0.4) is 0 Å². The molecule has 15 heavy (non-hydrogen) atoms. The zero-order chi connectivity index (χ0) is 10.7. The molecule has 2 N–H and O–H groups in total. The van der Waals surface area contributed by atoms with Crippen molar-refractivity contribution in [3.8, 4) is 0 Å². The first-order valence-electron chi connectivity index (χ1n) is 6.03. The number of aliphatic hydroxyl groups excluding tert-OH is 1. The standard InChI is InChI=1S/C12H22N2O/c1-2-5-14(11-3-4-11)12-6-10(9-15)7-13-8-12/h2,10-13,15H,1,3-9H2. The van der Waals surface area contributed by atoms with Crippen LogP contribution in [0.1, 0.15) is 19.3 Å². The van der Waals surface area contributed by atoms with Gasteiger partial charge in [0.25, 0.3) is 0 Å². The molecule has 3 nitrogen and oxygen atoms in total. The summed E-state index contributed by atoms with van der Waals surface area (Å²) in [6.45, 7) is 7.19. The summed E-state index contributed by atoms with van der Waals surface area (Å²) in [4.78, 5) is 2.56. The highest BCUT2D eigenvalue weighted by atomic mass is 16.3. The van der Waals surface area contributed by atoms with Gasteiger partial charge in [0.2, 0.25) is 0 Å². The van der Waals surface area contributed by atoms with E-state index in [9.17, 15) is 5.11 Å². The number of nitrogens with zero attached hydrogens (tertiary/aromatic N) is 1. The van der Waals surface area contributed by atoms with E-state index in [1.54, 1.807) is 0 Å². The maximum Gasteiger partial charge on any atom is 0.0472 e. The molecule has 1 saturated carbocycles. The molecule has 1 aliphatic carbocycles. The zero-order valence-corrected chi connectivity index (χ0v) is 9.36. The van der Waals surface area contributed by atoms with Gasteiger partial charge in [-0.3, -0.25) is 4.90 Å². The van der Waals surface area contributed by atoms with Crippen LogP contribution in [0.25, 0.3) is 0 Å². The molecule has 0 aromatic heterocycles. The minimum absolute atomic E-state index is 0.316. The molecule has 2 atom stereocenters. The molecule has 1 saturated heterocycles. The van der Waals surface area contributed by atoms with Crippen molar-refractivity contribution in [1.29, 1.82) is 0 Å². The normalized spacial score (nSPS) is 31.9. The lowest BCUT2D eigenvalue weighted by Gasteiger charge is -2.37. The summed E-state index contributed by atoms with van der Waals surface area (Å²) < 4.78 is 0. The monoisotopic (exact) mass is 210 g/mol. The maximum absolute atomic E-state index is 9.20. The highest BCUT2D eigenvalue weighted by Crippen LogP contribution is 2.30. The molecule has 86 valence electrons. The second-order valence-corrected chi connectivity index (χ2v) is 4.81. The Morgan fingerprint density at radius 3 is 2.73 bits per heavy atom. The topological polar surface area (TPSA) is 35.5 Å². The fraction of sp³-hybridized carbons (Fsp3) is 0.833. The summed E-state index contributed by atoms with van der Waals surface area (Å²) in [5.74, 6) is 0.440. The Morgan fingerprint density at radius 2 is 2.13 bits per heavy atom. The Bertz CT molecular complexity index is 216. The van der Waals surface area contributed by atoms with Crippen LogP contribution in [0.2, 0.25) is 0 Å². The fourth-order valence-electron chi connectivity index (χ4n) is 2.55. The van der Waals surface area contributed by atoms with Crippen LogP contribution in [0.15, 0.2) is 12.7 Å². The van der Waals surface area contributed by atoms with E-state index in [4.69, 9.17) is 0 Å². The van der Waals surface area contributed by atoms with Crippen LogP contribution in [0.4, 0.5) is 0 Å². The molecule has 0 amide bonds. The lowest BCUT2D eigenvalue weighted by Crippen LogP contribution is -2.50. The Morgan fingerprint density at radius 1 is 1.33 bits per heavy atom. The molecule has 2 fully saturated rings. The third-order valence-corrected chi connectivity index (χ3v) is 3.50. The lowest BCUT2D eigenvalue weighted by atomic mass is 9.95. The Hall–Kier alpha value is -0.380. The molecule has 3 heteroatoms. The van der Waals surface area contributed by atoms with E-state index in [1.165, 1.54) is 12.8 Å². The first kappa shape index (κ1) is 11.1. The predicted molar refractivity (Wildman–Crippen MR) is 61.8 cm³/mol. The Balaban J connectivity index is 1.90.